The van der Waals surface area contributed by atoms with Gasteiger partial charge in [0.2, 0.25) is 11.8 Å². The van der Waals surface area contributed by atoms with Crippen LogP contribution in [0.15, 0.2) is 0 Å². The van der Waals surface area contributed by atoms with Crippen molar-refractivity contribution in [3.8, 4) is 6.07 Å². The quantitative estimate of drug-likeness (QED) is 0.813. The number of carbonyl (C=O) groups excluding carboxylic acids is 2. The van der Waals surface area contributed by atoms with Gasteiger partial charge >= 0.3 is 0 Å². The number of nitrogens with zero attached hydrogens (tertiary/aromatic N) is 2. The van der Waals surface area contributed by atoms with E-state index in [-0.39, 0.29) is 18.5 Å². The molecule has 100 valence electrons. The van der Waals surface area contributed by atoms with Gasteiger partial charge in [-0.25, -0.2) is 0 Å². The minimum Gasteiger partial charge on any atom is -0.368 e. The number of primary amides is 1. The maximum absolute atomic E-state index is 12.5. The van der Waals surface area contributed by atoms with Gasteiger partial charge in [0.05, 0.1) is 12.6 Å². The molecule has 0 atom stereocenters. The summed E-state index contributed by atoms with van der Waals surface area (Å²) in [5.74, 6) is -0.778. The van der Waals surface area contributed by atoms with Gasteiger partial charge in [-0.05, 0) is 26.7 Å². The predicted octanol–water partition coefficient (Wildman–Crippen LogP) is 1.18. The van der Waals surface area contributed by atoms with Crippen LogP contribution in [0.3, 0.4) is 0 Å². The Bertz CT molecular complexity index is 365. The Kier molecular flexibility index (Phi) is 4.71. The summed E-state index contributed by atoms with van der Waals surface area (Å²) in [5.41, 5.74) is 4.22. The van der Waals surface area contributed by atoms with Crippen molar-refractivity contribution in [2.24, 2.45) is 11.1 Å². The molecule has 1 aliphatic rings. The topological polar surface area (TPSA) is 87.2 Å². The highest BCUT2D eigenvalue weighted by atomic mass is 16.2. The number of hydrogen-bond acceptors (Lipinski definition) is 3. The van der Waals surface area contributed by atoms with Crippen molar-refractivity contribution in [3.63, 3.8) is 0 Å². The monoisotopic (exact) mass is 251 g/mol. The number of amides is 2. The Labute approximate surface area is 108 Å². The summed E-state index contributed by atoms with van der Waals surface area (Å²) >= 11 is 0. The van der Waals surface area contributed by atoms with E-state index in [0.717, 1.165) is 19.3 Å². The summed E-state index contributed by atoms with van der Waals surface area (Å²) in [4.78, 5) is 25.0. The zero-order chi connectivity index (χ0) is 13.8. The average molecular weight is 251 g/mol. The van der Waals surface area contributed by atoms with Gasteiger partial charge in [-0.1, -0.05) is 19.3 Å². The highest BCUT2D eigenvalue weighted by Crippen LogP contribution is 2.37. The molecule has 18 heavy (non-hydrogen) atoms. The molecule has 0 aliphatic heterocycles. The number of rotatable bonds is 4. The first kappa shape index (κ1) is 14.5. The Hall–Kier alpha value is -1.57. The van der Waals surface area contributed by atoms with E-state index >= 15 is 0 Å². The lowest BCUT2D eigenvalue weighted by atomic mass is 9.74. The van der Waals surface area contributed by atoms with E-state index in [4.69, 9.17) is 5.73 Å². The summed E-state index contributed by atoms with van der Waals surface area (Å²) in [6.45, 7) is 3.55. The normalized spacial score (nSPS) is 18.1. The first-order valence-electron chi connectivity index (χ1n) is 6.43. The minimum absolute atomic E-state index is 0.111. The summed E-state index contributed by atoms with van der Waals surface area (Å²) in [6, 6.07) is 2.05. The smallest absolute Gasteiger partial charge is 0.243 e. The maximum atomic E-state index is 12.5. The van der Waals surface area contributed by atoms with Crippen LogP contribution in [0.2, 0.25) is 0 Å². The molecule has 2 amide bonds. The SMILES string of the molecule is CC(C)N(CC(N)=O)C(=O)C1(C#N)CCCCC1. The Morgan fingerprint density at radius 1 is 1.33 bits per heavy atom. The molecule has 0 saturated heterocycles. The Morgan fingerprint density at radius 2 is 1.89 bits per heavy atom. The minimum atomic E-state index is -0.946. The van der Waals surface area contributed by atoms with Gasteiger partial charge in [0.25, 0.3) is 0 Å². The second-order valence-corrected chi connectivity index (χ2v) is 5.25. The van der Waals surface area contributed by atoms with Gasteiger partial charge in [-0.3, -0.25) is 9.59 Å². The molecule has 1 fully saturated rings. The fraction of sp³-hybridized carbons (Fsp3) is 0.769. The van der Waals surface area contributed by atoms with Crippen LogP contribution in [-0.2, 0) is 9.59 Å². The van der Waals surface area contributed by atoms with E-state index in [1.807, 2.05) is 13.8 Å². The predicted molar refractivity (Wildman–Crippen MR) is 67.2 cm³/mol. The van der Waals surface area contributed by atoms with Crippen LogP contribution in [0.1, 0.15) is 46.0 Å². The molecule has 0 spiro atoms. The molecule has 5 heteroatoms. The molecule has 0 unspecified atom stereocenters. The number of nitrogens with two attached hydrogens (primary N) is 1. The van der Waals surface area contributed by atoms with Gasteiger partial charge < -0.3 is 10.6 Å². The van der Waals surface area contributed by atoms with Crippen LogP contribution < -0.4 is 5.73 Å². The molecule has 0 radical (unpaired) electrons. The molecule has 0 aromatic heterocycles. The molecule has 1 saturated carbocycles. The van der Waals surface area contributed by atoms with Crippen LogP contribution in [0.4, 0.5) is 0 Å². The fourth-order valence-corrected chi connectivity index (χ4v) is 2.46. The van der Waals surface area contributed by atoms with Gasteiger partial charge in [0.15, 0.2) is 0 Å². The maximum Gasteiger partial charge on any atom is 0.243 e. The third-order valence-electron chi connectivity index (χ3n) is 3.54. The largest absolute Gasteiger partial charge is 0.368 e. The average Bonchev–Trinajstić information content (AvgIpc) is 2.35. The first-order chi connectivity index (χ1) is 8.43. The second-order valence-electron chi connectivity index (χ2n) is 5.25. The fourth-order valence-electron chi connectivity index (χ4n) is 2.46. The summed E-state index contributed by atoms with van der Waals surface area (Å²) in [6.07, 6.45) is 4.02. The number of carbonyl (C=O) groups is 2. The number of hydrogen-bond donors (Lipinski definition) is 1. The van der Waals surface area contributed by atoms with Gasteiger partial charge in [0, 0.05) is 6.04 Å². The van der Waals surface area contributed by atoms with E-state index in [1.165, 1.54) is 4.90 Å². The number of nitriles is 1. The molecular formula is C13H21N3O2. The second kappa shape index (κ2) is 5.85. The third-order valence-corrected chi connectivity index (χ3v) is 3.54. The van der Waals surface area contributed by atoms with Crippen LogP contribution >= 0.6 is 0 Å². The van der Waals surface area contributed by atoms with Crippen molar-refractivity contribution in [2.75, 3.05) is 6.54 Å². The molecule has 1 rings (SSSR count). The van der Waals surface area contributed by atoms with E-state index in [2.05, 4.69) is 6.07 Å². The lowest BCUT2D eigenvalue weighted by Crippen LogP contribution is -2.50. The zero-order valence-corrected chi connectivity index (χ0v) is 11.1. The molecule has 2 N–H and O–H groups in total. The van der Waals surface area contributed by atoms with Crippen LogP contribution in [0, 0.1) is 16.7 Å². The molecule has 0 heterocycles. The standard InChI is InChI=1S/C13H21N3O2/c1-10(2)16(8-11(15)17)12(18)13(9-14)6-4-3-5-7-13/h10H,3-8H2,1-2H3,(H2,15,17). The van der Waals surface area contributed by atoms with Crippen molar-refractivity contribution >= 4 is 11.8 Å². The molecular weight excluding hydrogens is 230 g/mol. The van der Waals surface area contributed by atoms with E-state index in [1.54, 1.807) is 0 Å². The van der Waals surface area contributed by atoms with Gasteiger partial charge in [0.1, 0.15) is 5.41 Å². The van der Waals surface area contributed by atoms with Crippen molar-refractivity contribution in [3.05, 3.63) is 0 Å². The van der Waals surface area contributed by atoms with Crippen molar-refractivity contribution in [2.45, 2.75) is 52.0 Å². The van der Waals surface area contributed by atoms with Crippen LogP contribution in [0.5, 0.6) is 0 Å². The van der Waals surface area contributed by atoms with Crippen molar-refractivity contribution < 1.29 is 9.59 Å². The third kappa shape index (κ3) is 3.00. The van der Waals surface area contributed by atoms with Crippen molar-refractivity contribution in [1.29, 1.82) is 5.26 Å². The van der Waals surface area contributed by atoms with Crippen LogP contribution in [-0.4, -0.2) is 29.3 Å². The molecule has 5 nitrogen and oxygen atoms in total. The highest BCUT2D eigenvalue weighted by Gasteiger charge is 2.43. The van der Waals surface area contributed by atoms with E-state index < -0.39 is 11.3 Å². The lowest BCUT2D eigenvalue weighted by molar-refractivity contribution is -0.145. The Morgan fingerprint density at radius 3 is 2.28 bits per heavy atom. The van der Waals surface area contributed by atoms with Crippen molar-refractivity contribution in [1.82, 2.24) is 4.90 Å². The van der Waals surface area contributed by atoms with E-state index in [9.17, 15) is 14.9 Å². The van der Waals surface area contributed by atoms with Gasteiger partial charge in [-0.15, -0.1) is 0 Å². The van der Waals surface area contributed by atoms with E-state index in [0.29, 0.717) is 12.8 Å². The zero-order valence-electron chi connectivity index (χ0n) is 11.1. The van der Waals surface area contributed by atoms with Gasteiger partial charge in [-0.2, -0.15) is 5.26 Å². The molecule has 1 aliphatic carbocycles. The van der Waals surface area contributed by atoms with Crippen LogP contribution in [0.25, 0.3) is 0 Å². The highest BCUT2D eigenvalue weighted by molar-refractivity contribution is 5.89. The molecule has 0 bridgehead atoms. The molecule has 0 aromatic carbocycles. The first-order valence-corrected chi connectivity index (χ1v) is 6.43. The summed E-state index contributed by atoms with van der Waals surface area (Å²) < 4.78 is 0. The lowest BCUT2D eigenvalue weighted by Gasteiger charge is -2.36. The summed E-state index contributed by atoms with van der Waals surface area (Å²) in [5, 5.41) is 9.36. The Balaban J connectivity index is 2.93. The molecule has 0 aromatic rings. The summed E-state index contributed by atoms with van der Waals surface area (Å²) in [7, 11) is 0.